The normalized spacial score (nSPS) is 13.2. The van der Waals surface area contributed by atoms with Gasteiger partial charge in [-0.2, -0.15) is 0 Å². The summed E-state index contributed by atoms with van der Waals surface area (Å²) in [6, 6.07) is 19.6. The molecule has 0 heterocycles. The van der Waals surface area contributed by atoms with Crippen LogP contribution in [0.3, 0.4) is 0 Å². The van der Waals surface area contributed by atoms with E-state index in [1.807, 2.05) is 12.1 Å². The van der Waals surface area contributed by atoms with Crippen molar-refractivity contribution in [2.75, 3.05) is 0 Å². The number of hydrogen-bond donors (Lipinski definition) is 1. The second kappa shape index (κ2) is 11.5. The summed E-state index contributed by atoms with van der Waals surface area (Å²) in [6.45, 7) is 13.6. The highest BCUT2D eigenvalue weighted by atomic mass is 16.3. The van der Waals surface area contributed by atoms with E-state index >= 15 is 0 Å². The van der Waals surface area contributed by atoms with Gasteiger partial charge in [-0.1, -0.05) is 90.1 Å². The Morgan fingerprint density at radius 1 is 0.576 bits per heavy atom. The quantitative estimate of drug-likeness (QED) is 0.334. The Morgan fingerprint density at radius 2 is 1.03 bits per heavy atom. The Labute approximate surface area is 201 Å². The van der Waals surface area contributed by atoms with Crippen molar-refractivity contribution in [2.45, 2.75) is 91.9 Å². The summed E-state index contributed by atoms with van der Waals surface area (Å²) in [5.74, 6) is 1.04. The number of aromatic hydroxyl groups is 1. The smallest absolute Gasteiger partial charge is 0.119 e. The standard InChI is InChI=1S/C32H42O/c1-7-24-14-11-16-26(28(24)9-3)20-22(5)30-18-13-19-31(33)32(30)23(6)21-27-17-12-15-25(8-2)29(27)10-4/h11-19,22-23,33H,7-10,20-21H2,1-6H3. The Kier molecular flexibility index (Phi) is 8.78. The highest BCUT2D eigenvalue weighted by molar-refractivity contribution is 5.46. The zero-order chi connectivity index (χ0) is 24.0. The number of benzene rings is 3. The molecule has 0 amide bonds. The van der Waals surface area contributed by atoms with Gasteiger partial charge in [-0.3, -0.25) is 0 Å². The molecule has 0 aliphatic carbocycles. The van der Waals surface area contributed by atoms with Crippen molar-refractivity contribution >= 4 is 0 Å². The topological polar surface area (TPSA) is 20.2 Å². The Morgan fingerprint density at radius 3 is 1.52 bits per heavy atom. The molecule has 3 rings (SSSR count). The lowest BCUT2D eigenvalue weighted by Crippen LogP contribution is -2.10. The molecular weight excluding hydrogens is 400 g/mol. The highest BCUT2D eigenvalue weighted by Gasteiger charge is 2.21. The average Bonchev–Trinajstić information content (AvgIpc) is 2.83. The van der Waals surface area contributed by atoms with E-state index in [1.165, 1.54) is 38.9 Å². The van der Waals surface area contributed by atoms with Crippen LogP contribution in [-0.4, -0.2) is 5.11 Å². The molecule has 0 aliphatic heterocycles. The number of hydrogen-bond acceptors (Lipinski definition) is 1. The van der Waals surface area contributed by atoms with E-state index in [-0.39, 0.29) is 5.92 Å². The van der Waals surface area contributed by atoms with Crippen LogP contribution in [-0.2, 0) is 38.5 Å². The first kappa shape index (κ1) is 25.1. The number of phenolic OH excluding ortho intramolecular Hbond substituents is 1. The van der Waals surface area contributed by atoms with Crippen molar-refractivity contribution < 1.29 is 5.11 Å². The Bertz CT molecular complexity index is 1060. The average molecular weight is 443 g/mol. The second-order valence-corrected chi connectivity index (χ2v) is 9.51. The monoisotopic (exact) mass is 442 g/mol. The van der Waals surface area contributed by atoms with E-state index in [1.54, 1.807) is 0 Å². The molecule has 2 unspecified atom stereocenters. The van der Waals surface area contributed by atoms with Crippen LogP contribution in [0.4, 0.5) is 0 Å². The third-order valence-corrected chi connectivity index (χ3v) is 7.40. The van der Waals surface area contributed by atoms with Crippen molar-refractivity contribution in [1.29, 1.82) is 0 Å². The van der Waals surface area contributed by atoms with Crippen LogP contribution in [0.1, 0.15) is 97.9 Å². The van der Waals surface area contributed by atoms with E-state index in [2.05, 4.69) is 84.0 Å². The Balaban J connectivity index is 1.94. The fraction of sp³-hybridized carbons (Fsp3) is 0.438. The van der Waals surface area contributed by atoms with Crippen LogP contribution in [0.25, 0.3) is 0 Å². The van der Waals surface area contributed by atoms with Gasteiger partial charge in [-0.25, -0.2) is 0 Å². The molecule has 1 N–H and O–H groups in total. The van der Waals surface area contributed by atoms with Crippen molar-refractivity contribution in [3.8, 4) is 5.75 Å². The SMILES string of the molecule is CCc1cccc(CC(C)c2cccc(O)c2C(C)Cc2cccc(CC)c2CC)c1CC. The van der Waals surface area contributed by atoms with Gasteiger partial charge in [-0.05, 0) is 95.4 Å². The molecule has 33 heavy (non-hydrogen) atoms. The van der Waals surface area contributed by atoms with Gasteiger partial charge in [-0.15, -0.1) is 0 Å². The molecule has 0 aliphatic rings. The first-order chi connectivity index (χ1) is 15.9. The third kappa shape index (κ3) is 5.52. The highest BCUT2D eigenvalue weighted by Crippen LogP contribution is 2.37. The molecule has 2 atom stereocenters. The minimum absolute atomic E-state index is 0.258. The molecular formula is C32H42O. The van der Waals surface area contributed by atoms with Crippen LogP contribution in [0.15, 0.2) is 54.6 Å². The molecule has 0 spiro atoms. The summed E-state index contributed by atoms with van der Waals surface area (Å²) in [7, 11) is 0. The van der Waals surface area contributed by atoms with Crippen molar-refractivity contribution in [3.05, 3.63) is 99.1 Å². The maximum absolute atomic E-state index is 11.0. The summed E-state index contributed by atoms with van der Waals surface area (Å²) in [6.07, 6.45) is 6.25. The zero-order valence-corrected chi connectivity index (χ0v) is 21.5. The van der Waals surface area contributed by atoms with E-state index in [0.717, 1.165) is 44.1 Å². The van der Waals surface area contributed by atoms with E-state index < -0.39 is 0 Å². The molecule has 0 aromatic heterocycles. The zero-order valence-electron chi connectivity index (χ0n) is 21.5. The van der Waals surface area contributed by atoms with Gasteiger partial charge in [0.1, 0.15) is 5.75 Å². The van der Waals surface area contributed by atoms with Gasteiger partial charge >= 0.3 is 0 Å². The molecule has 1 nitrogen and oxygen atoms in total. The first-order valence-electron chi connectivity index (χ1n) is 13.0. The number of rotatable bonds is 10. The Hall–Kier alpha value is -2.54. The lowest BCUT2D eigenvalue weighted by atomic mass is 9.81. The van der Waals surface area contributed by atoms with Crippen LogP contribution in [0, 0.1) is 0 Å². The lowest BCUT2D eigenvalue weighted by Gasteiger charge is -2.24. The molecule has 176 valence electrons. The fourth-order valence-corrected chi connectivity index (χ4v) is 5.74. The molecule has 0 bridgehead atoms. The van der Waals surface area contributed by atoms with Crippen molar-refractivity contribution in [2.24, 2.45) is 0 Å². The van der Waals surface area contributed by atoms with Crippen LogP contribution in [0.5, 0.6) is 5.75 Å². The molecule has 0 saturated heterocycles. The first-order valence-corrected chi connectivity index (χ1v) is 13.0. The van der Waals surface area contributed by atoms with Crippen molar-refractivity contribution in [3.63, 3.8) is 0 Å². The minimum atomic E-state index is 0.258. The summed E-state index contributed by atoms with van der Waals surface area (Å²) >= 11 is 0. The van der Waals surface area contributed by atoms with Gasteiger partial charge in [0.15, 0.2) is 0 Å². The van der Waals surface area contributed by atoms with Crippen LogP contribution in [0.2, 0.25) is 0 Å². The van der Waals surface area contributed by atoms with Gasteiger partial charge in [0.25, 0.3) is 0 Å². The fourth-order valence-electron chi connectivity index (χ4n) is 5.74. The summed E-state index contributed by atoms with van der Waals surface area (Å²) in [4.78, 5) is 0. The van der Waals surface area contributed by atoms with Crippen LogP contribution < -0.4 is 0 Å². The number of aryl methyl sites for hydroxylation is 2. The molecule has 0 saturated carbocycles. The van der Waals surface area contributed by atoms with Gasteiger partial charge < -0.3 is 5.11 Å². The van der Waals surface area contributed by atoms with Crippen LogP contribution >= 0.6 is 0 Å². The predicted molar refractivity (Wildman–Crippen MR) is 143 cm³/mol. The van der Waals surface area contributed by atoms with E-state index in [0.29, 0.717) is 11.7 Å². The summed E-state index contributed by atoms with van der Waals surface area (Å²) in [5, 5.41) is 11.0. The van der Waals surface area contributed by atoms with E-state index in [9.17, 15) is 5.11 Å². The predicted octanol–water partition coefficient (Wildman–Crippen LogP) is 8.33. The molecule has 3 aromatic carbocycles. The molecule has 3 aromatic rings. The largest absolute Gasteiger partial charge is 0.508 e. The van der Waals surface area contributed by atoms with Gasteiger partial charge in [0.05, 0.1) is 0 Å². The molecule has 0 fully saturated rings. The van der Waals surface area contributed by atoms with Gasteiger partial charge in [0, 0.05) is 5.56 Å². The number of phenols is 1. The molecule has 1 heteroatoms. The summed E-state index contributed by atoms with van der Waals surface area (Å²) in [5.41, 5.74) is 11.2. The molecule has 0 radical (unpaired) electrons. The van der Waals surface area contributed by atoms with Crippen molar-refractivity contribution in [1.82, 2.24) is 0 Å². The second-order valence-electron chi connectivity index (χ2n) is 9.51. The van der Waals surface area contributed by atoms with Gasteiger partial charge in [0.2, 0.25) is 0 Å². The maximum Gasteiger partial charge on any atom is 0.119 e. The van der Waals surface area contributed by atoms with E-state index in [4.69, 9.17) is 0 Å². The minimum Gasteiger partial charge on any atom is -0.508 e. The maximum atomic E-state index is 11.0. The lowest BCUT2D eigenvalue weighted by molar-refractivity contribution is 0.459. The summed E-state index contributed by atoms with van der Waals surface area (Å²) < 4.78 is 0. The third-order valence-electron chi connectivity index (χ3n) is 7.40.